The number of hydrogen-bond donors (Lipinski definition) is 2. The monoisotopic (exact) mass is 368 g/mol. The summed E-state index contributed by atoms with van der Waals surface area (Å²) >= 11 is 3.52. The van der Waals surface area contributed by atoms with E-state index in [-0.39, 0.29) is 12.1 Å². The molecule has 0 aliphatic carbocycles. The number of urea groups is 1. The molecule has 1 aromatic rings. The molecule has 0 radical (unpaired) electrons. The van der Waals surface area contributed by atoms with E-state index >= 15 is 0 Å². The fourth-order valence-electron chi connectivity index (χ4n) is 2.64. The Labute approximate surface area is 138 Å². The van der Waals surface area contributed by atoms with Crippen LogP contribution in [0, 0.1) is 5.92 Å². The fourth-order valence-corrected chi connectivity index (χ4v) is 3.09. The Kier molecular flexibility index (Phi) is 5.83. The van der Waals surface area contributed by atoms with Crippen molar-refractivity contribution < 1.29 is 14.7 Å². The number of likely N-dealkylation sites (tertiary alicyclic amines) is 1. The van der Waals surface area contributed by atoms with Crippen molar-refractivity contribution >= 4 is 27.9 Å². The minimum Gasteiger partial charge on any atom is -0.481 e. The number of benzene rings is 1. The molecular formula is C16H21BrN2O3. The van der Waals surface area contributed by atoms with Crippen LogP contribution in [0.5, 0.6) is 0 Å². The molecule has 0 aromatic heterocycles. The van der Waals surface area contributed by atoms with Crippen LogP contribution in [0.2, 0.25) is 0 Å². The van der Waals surface area contributed by atoms with Gasteiger partial charge < -0.3 is 15.3 Å². The average Bonchev–Trinajstić information content (AvgIpc) is 2.99. The third-order valence-corrected chi connectivity index (χ3v) is 4.84. The number of carboxylic acid groups (broad SMARTS) is 1. The molecule has 2 amide bonds. The van der Waals surface area contributed by atoms with E-state index in [9.17, 15) is 9.59 Å². The third-order valence-electron chi connectivity index (χ3n) is 4.07. The zero-order valence-corrected chi connectivity index (χ0v) is 14.2. The van der Waals surface area contributed by atoms with E-state index in [1.807, 2.05) is 31.2 Å². The van der Waals surface area contributed by atoms with E-state index in [2.05, 4.69) is 21.2 Å². The summed E-state index contributed by atoms with van der Waals surface area (Å²) in [5.41, 5.74) is 1.15. The number of amides is 2. The molecule has 22 heavy (non-hydrogen) atoms. The maximum Gasteiger partial charge on any atom is 0.317 e. The van der Waals surface area contributed by atoms with Crippen LogP contribution in [0.3, 0.4) is 0 Å². The Morgan fingerprint density at radius 2 is 2.18 bits per heavy atom. The minimum atomic E-state index is -0.824. The van der Waals surface area contributed by atoms with Crippen LogP contribution in [0.1, 0.15) is 25.3 Å². The lowest BCUT2D eigenvalue weighted by Crippen LogP contribution is -2.44. The molecule has 0 spiro atoms. The standard InChI is InChI=1S/C16H21BrN2O3/c1-2-13(9-11-5-3-4-6-14(11)17)18-16(22)19-8-7-12(10-19)15(20)21/h3-6,12-13H,2,7-10H2,1H3,(H,18,22)(H,20,21). The first-order chi connectivity index (χ1) is 10.5. The van der Waals surface area contributed by atoms with Crippen molar-refractivity contribution in [1.29, 1.82) is 0 Å². The van der Waals surface area contributed by atoms with Gasteiger partial charge in [-0.3, -0.25) is 4.79 Å². The number of halogens is 1. The molecule has 0 saturated carbocycles. The van der Waals surface area contributed by atoms with E-state index in [0.29, 0.717) is 19.5 Å². The molecule has 120 valence electrons. The van der Waals surface area contributed by atoms with Gasteiger partial charge in [0.05, 0.1) is 5.92 Å². The van der Waals surface area contributed by atoms with Crippen molar-refractivity contribution in [2.24, 2.45) is 5.92 Å². The Morgan fingerprint density at radius 1 is 1.45 bits per heavy atom. The highest BCUT2D eigenvalue weighted by Gasteiger charge is 2.31. The first-order valence-electron chi connectivity index (χ1n) is 7.53. The smallest absolute Gasteiger partial charge is 0.317 e. The van der Waals surface area contributed by atoms with Crippen LogP contribution < -0.4 is 5.32 Å². The summed E-state index contributed by atoms with van der Waals surface area (Å²) < 4.78 is 1.04. The second-order valence-electron chi connectivity index (χ2n) is 5.62. The predicted octanol–water partition coefficient (Wildman–Crippen LogP) is 2.89. The minimum absolute atomic E-state index is 0.0371. The molecule has 2 atom stereocenters. The second-order valence-corrected chi connectivity index (χ2v) is 6.47. The number of nitrogens with zero attached hydrogens (tertiary/aromatic N) is 1. The van der Waals surface area contributed by atoms with Crippen LogP contribution in [0.25, 0.3) is 0 Å². The number of rotatable bonds is 5. The van der Waals surface area contributed by atoms with Gasteiger partial charge >= 0.3 is 12.0 Å². The van der Waals surface area contributed by atoms with E-state index in [4.69, 9.17) is 5.11 Å². The first-order valence-corrected chi connectivity index (χ1v) is 8.32. The van der Waals surface area contributed by atoms with Gasteiger partial charge in [0.1, 0.15) is 0 Å². The van der Waals surface area contributed by atoms with Gasteiger partial charge in [-0.1, -0.05) is 41.1 Å². The summed E-state index contributed by atoms with van der Waals surface area (Å²) in [7, 11) is 0. The molecule has 1 aromatic carbocycles. The molecule has 1 fully saturated rings. The van der Waals surface area contributed by atoms with Crippen molar-refractivity contribution in [2.45, 2.75) is 32.2 Å². The fraction of sp³-hybridized carbons (Fsp3) is 0.500. The van der Waals surface area contributed by atoms with Crippen molar-refractivity contribution in [3.05, 3.63) is 34.3 Å². The molecule has 2 unspecified atom stereocenters. The Bertz CT molecular complexity index is 550. The molecule has 0 bridgehead atoms. The topological polar surface area (TPSA) is 69.6 Å². The van der Waals surface area contributed by atoms with Crippen molar-refractivity contribution in [2.75, 3.05) is 13.1 Å². The largest absolute Gasteiger partial charge is 0.481 e. The summed E-state index contributed by atoms with van der Waals surface area (Å²) in [6.45, 7) is 2.84. The molecule has 6 heteroatoms. The molecule has 2 N–H and O–H groups in total. The van der Waals surface area contributed by atoms with Crippen LogP contribution in [0.15, 0.2) is 28.7 Å². The molecule has 5 nitrogen and oxygen atoms in total. The summed E-state index contributed by atoms with van der Waals surface area (Å²) in [5, 5.41) is 12.0. The summed E-state index contributed by atoms with van der Waals surface area (Å²) in [4.78, 5) is 24.8. The second kappa shape index (κ2) is 7.63. The average molecular weight is 369 g/mol. The molecule has 1 saturated heterocycles. The van der Waals surface area contributed by atoms with Gasteiger partial charge in [-0.05, 0) is 30.9 Å². The summed E-state index contributed by atoms with van der Waals surface area (Å²) in [6, 6.07) is 7.84. The van der Waals surface area contributed by atoms with Crippen LogP contribution >= 0.6 is 15.9 Å². The maximum absolute atomic E-state index is 12.3. The Hall–Kier alpha value is -1.56. The molecule has 1 aliphatic heterocycles. The van der Waals surface area contributed by atoms with Gasteiger partial charge in [-0.15, -0.1) is 0 Å². The number of hydrogen-bond acceptors (Lipinski definition) is 2. The molecule has 2 rings (SSSR count). The van der Waals surface area contributed by atoms with E-state index < -0.39 is 11.9 Å². The highest BCUT2D eigenvalue weighted by atomic mass is 79.9. The number of carbonyl (C=O) groups is 2. The van der Waals surface area contributed by atoms with Gasteiger partial charge in [0.2, 0.25) is 0 Å². The SMILES string of the molecule is CCC(Cc1ccccc1Br)NC(=O)N1CCC(C(=O)O)C1. The number of nitrogens with one attached hydrogen (secondary N) is 1. The predicted molar refractivity (Wildman–Crippen MR) is 87.8 cm³/mol. The summed E-state index contributed by atoms with van der Waals surface area (Å²) in [6.07, 6.45) is 2.10. The molecular weight excluding hydrogens is 348 g/mol. The van der Waals surface area contributed by atoms with Crippen LogP contribution in [0.4, 0.5) is 4.79 Å². The number of carboxylic acids is 1. The number of carbonyl (C=O) groups excluding carboxylic acids is 1. The lowest BCUT2D eigenvalue weighted by atomic mass is 10.0. The van der Waals surface area contributed by atoms with E-state index in [0.717, 1.165) is 22.9 Å². The third kappa shape index (κ3) is 4.22. The van der Waals surface area contributed by atoms with E-state index in [1.165, 1.54) is 0 Å². The van der Waals surface area contributed by atoms with E-state index in [1.54, 1.807) is 4.90 Å². The van der Waals surface area contributed by atoms with Crippen molar-refractivity contribution in [1.82, 2.24) is 10.2 Å². The zero-order valence-electron chi connectivity index (χ0n) is 12.6. The lowest BCUT2D eigenvalue weighted by Gasteiger charge is -2.23. The summed E-state index contributed by atoms with van der Waals surface area (Å²) in [5.74, 6) is -1.26. The van der Waals surface area contributed by atoms with Gasteiger partial charge in [-0.25, -0.2) is 4.79 Å². The van der Waals surface area contributed by atoms with Crippen molar-refractivity contribution in [3.63, 3.8) is 0 Å². The molecule has 1 heterocycles. The Balaban J connectivity index is 1.92. The van der Waals surface area contributed by atoms with Gasteiger partial charge in [0, 0.05) is 23.6 Å². The van der Waals surface area contributed by atoms with Gasteiger partial charge in [0.15, 0.2) is 0 Å². The Morgan fingerprint density at radius 3 is 2.77 bits per heavy atom. The van der Waals surface area contributed by atoms with Crippen LogP contribution in [-0.2, 0) is 11.2 Å². The lowest BCUT2D eigenvalue weighted by molar-refractivity contribution is -0.141. The van der Waals surface area contributed by atoms with Crippen LogP contribution in [-0.4, -0.2) is 41.1 Å². The highest BCUT2D eigenvalue weighted by Crippen LogP contribution is 2.19. The van der Waals surface area contributed by atoms with Crippen molar-refractivity contribution in [3.8, 4) is 0 Å². The van der Waals surface area contributed by atoms with Gasteiger partial charge in [0.25, 0.3) is 0 Å². The maximum atomic E-state index is 12.3. The zero-order chi connectivity index (χ0) is 16.1. The number of aliphatic carboxylic acids is 1. The molecule has 1 aliphatic rings. The normalized spacial score (nSPS) is 19.0. The van der Waals surface area contributed by atoms with Gasteiger partial charge in [-0.2, -0.15) is 0 Å². The first kappa shape index (κ1) is 16.8. The highest BCUT2D eigenvalue weighted by molar-refractivity contribution is 9.10. The quantitative estimate of drug-likeness (QED) is 0.839.